The molecule has 0 atom stereocenters. The number of hydrogen-bond acceptors (Lipinski definition) is 4. The molecule has 0 aliphatic heterocycles. The summed E-state index contributed by atoms with van der Waals surface area (Å²) in [7, 11) is 3.19. The fourth-order valence-electron chi connectivity index (χ4n) is 1.46. The molecule has 5 nitrogen and oxygen atoms in total. The first-order valence-corrected chi connectivity index (χ1v) is 5.76. The summed E-state index contributed by atoms with van der Waals surface area (Å²) in [6, 6.07) is 7.32. The van der Waals surface area contributed by atoms with Crippen LogP contribution in [-0.4, -0.2) is 32.6 Å². The number of amides is 1. The molecule has 18 heavy (non-hydrogen) atoms. The fraction of sp³-hybridized carbons (Fsp3) is 0.385. The third-order valence-corrected chi connectivity index (χ3v) is 2.44. The second-order valence-electron chi connectivity index (χ2n) is 3.81. The highest BCUT2D eigenvalue weighted by atomic mass is 16.5. The molecule has 0 fully saturated rings. The average Bonchev–Trinajstić information content (AvgIpc) is 2.39. The molecule has 0 aliphatic rings. The topological polar surface area (TPSA) is 67.4 Å². The Morgan fingerprint density at radius 1 is 1.22 bits per heavy atom. The molecule has 0 aliphatic carbocycles. The van der Waals surface area contributed by atoms with Gasteiger partial charge in [-0.05, 0) is 24.7 Å². The van der Waals surface area contributed by atoms with Crippen LogP contribution in [-0.2, 0) is 16.1 Å². The van der Waals surface area contributed by atoms with E-state index in [9.17, 15) is 9.59 Å². The molecule has 1 amide bonds. The van der Waals surface area contributed by atoms with Crippen molar-refractivity contribution in [1.82, 2.24) is 10.6 Å². The van der Waals surface area contributed by atoms with Gasteiger partial charge < -0.3 is 15.4 Å². The van der Waals surface area contributed by atoms with Crippen LogP contribution in [0.4, 0.5) is 0 Å². The fourth-order valence-corrected chi connectivity index (χ4v) is 1.46. The Labute approximate surface area is 107 Å². The van der Waals surface area contributed by atoms with E-state index in [1.165, 1.54) is 7.11 Å². The minimum atomic E-state index is -0.334. The van der Waals surface area contributed by atoms with Gasteiger partial charge in [-0.2, -0.15) is 0 Å². The third-order valence-electron chi connectivity index (χ3n) is 2.44. The van der Waals surface area contributed by atoms with Gasteiger partial charge in [0.15, 0.2) is 0 Å². The molecular formula is C13H18N2O3. The zero-order valence-corrected chi connectivity index (χ0v) is 10.7. The Hall–Kier alpha value is -1.88. The molecule has 1 aromatic rings. The van der Waals surface area contributed by atoms with Gasteiger partial charge in [0.2, 0.25) is 0 Å². The van der Waals surface area contributed by atoms with Gasteiger partial charge in [-0.15, -0.1) is 0 Å². The van der Waals surface area contributed by atoms with Crippen molar-refractivity contribution in [3.8, 4) is 0 Å². The van der Waals surface area contributed by atoms with Crippen LogP contribution < -0.4 is 10.6 Å². The van der Waals surface area contributed by atoms with Crippen LogP contribution in [0.1, 0.15) is 22.3 Å². The Morgan fingerprint density at radius 3 is 2.44 bits per heavy atom. The predicted octanol–water partition coefficient (Wildman–Crippen LogP) is 0.699. The Morgan fingerprint density at radius 2 is 1.89 bits per heavy atom. The maximum absolute atomic E-state index is 11.7. The number of carbonyl (C=O) groups excluding carboxylic acids is 2. The van der Waals surface area contributed by atoms with Gasteiger partial charge in [-0.3, -0.25) is 9.59 Å². The number of carbonyl (C=O) groups is 2. The van der Waals surface area contributed by atoms with Crippen molar-refractivity contribution >= 4 is 11.9 Å². The molecule has 1 rings (SSSR count). The smallest absolute Gasteiger partial charge is 0.307 e. The number of ether oxygens (including phenoxy) is 1. The highest BCUT2D eigenvalue weighted by Gasteiger charge is 2.06. The average molecular weight is 250 g/mol. The zero-order valence-electron chi connectivity index (χ0n) is 10.7. The molecular weight excluding hydrogens is 232 g/mol. The predicted molar refractivity (Wildman–Crippen MR) is 68.2 cm³/mol. The number of benzene rings is 1. The summed E-state index contributed by atoms with van der Waals surface area (Å²) in [6.45, 7) is 1.05. The summed E-state index contributed by atoms with van der Waals surface area (Å²) in [4.78, 5) is 22.6. The van der Waals surface area contributed by atoms with Gasteiger partial charge >= 0.3 is 5.97 Å². The van der Waals surface area contributed by atoms with E-state index in [2.05, 4.69) is 15.4 Å². The Kier molecular flexibility index (Phi) is 5.87. The number of rotatable bonds is 6. The first kappa shape index (κ1) is 14.2. The normalized spacial score (nSPS) is 9.89. The molecule has 98 valence electrons. The second kappa shape index (κ2) is 7.45. The lowest BCUT2D eigenvalue weighted by Gasteiger charge is -2.05. The lowest BCUT2D eigenvalue weighted by atomic mass is 10.1. The summed E-state index contributed by atoms with van der Waals surface area (Å²) in [5, 5.41) is 5.69. The second-order valence-corrected chi connectivity index (χ2v) is 3.81. The van der Waals surface area contributed by atoms with E-state index >= 15 is 0 Å². The number of nitrogens with one attached hydrogen (secondary N) is 2. The van der Waals surface area contributed by atoms with Gasteiger partial charge in [0.05, 0.1) is 13.5 Å². The van der Waals surface area contributed by atoms with E-state index in [1.807, 2.05) is 19.2 Å². The van der Waals surface area contributed by atoms with Gasteiger partial charge in [-0.1, -0.05) is 12.1 Å². The molecule has 1 aromatic carbocycles. The minimum Gasteiger partial charge on any atom is -0.469 e. The largest absolute Gasteiger partial charge is 0.469 e. The van der Waals surface area contributed by atoms with Gasteiger partial charge in [-0.25, -0.2) is 0 Å². The van der Waals surface area contributed by atoms with Crippen LogP contribution in [0.15, 0.2) is 24.3 Å². The van der Waals surface area contributed by atoms with Crippen LogP contribution in [0, 0.1) is 0 Å². The lowest BCUT2D eigenvalue weighted by Crippen LogP contribution is -2.26. The SMILES string of the molecule is CNCc1ccc(C(=O)NCCC(=O)OC)cc1. The van der Waals surface area contributed by atoms with E-state index in [4.69, 9.17) is 0 Å². The van der Waals surface area contributed by atoms with Crippen molar-refractivity contribution < 1.29 is 14.3 Å². The van der Waals surface area contributed by atoms with Gasteiger partial charge in [0.25, 0.3) is 5.91 Å². The Bertz CT molecular complexity index is 401. The summed E-state index contributed by atoms with van der Waals surface area (Å²) < 4.78 is 4.48. The molecule has 0 saturated heterocycles. The van der Waals surface area contributed by atoms with E-state index in [-0.39, 0.29) is 24.8 Å². The lowest BCUT2D eigenvalue weighted by molar-refractivity contribution is -0.140. The molecule has 0 radical (unpaired) electrons. The van der Waals surface area contributed by atoms with Gasteiger partial charge in [0, 0.05) is 18.7 Å². The molecule has 0 saturated carbocycles. The van der Waals surface area contributed by atoms with E-state index in [0.717, 1.165) is 12.1 Å². The zero-order chi connectivity index (χ0) is 13.4. The maximum atomic E-state index is 11.7. The molecule has 0 heterocycles. The summed E-state index contributed by atoms with van der Waals surface area (Å²) in [6.07, 6.45) is 0.181. The minimum absolute atomic E-state index is 0.181. The van der Waals surface area contributed by atoms with E-state index in [0.29, 0.717) is 5.56 Å². The van der Waals surface area contributed by atoms with Crippen LogP contribution in [0.5, 0.6) is 0 Å². The molecule has 5 heteroatoms. The maximum Gasteiger partial charge on any atom is 0.307 e. The summed E-state index contributed by atoms with van der Waals surface area (Å²) in [5.41, 5.74) is 1.70. The van der Waals surface area contributed by atoms with Crippen LogP contribution in [0.2, 0.25) is 0 Å². The summed E-state index contributed by atoms with van der Waals surface area (Å²) >= 11 is 0. The van der Waals surface area contributed by atoms with Crippen LogP contribution >= 0.6 is 0 Å². The van der Waals surface area contributed by atoms with E-state index < -0.39 is 0 Å². The first-order chi connectivity index (χ1) is 8.67. The number of hydrogen-bond donors (Lipinski definition) is 2. The highest BCUT2D eigenvalue weighted by molar-refractivity contribution is 5.94. The third kappa shape index (κ3) is 4.55. The quantitative estimate of drug-likeness (QED) is 0.729. The standard InChI is InChI=1S/C13H18N2O3/c1-14-9-10-3-5-11(6-4-10)13(17)15-8-7-12(16)18-2/h3-6,14H,7-9H2,1-2H3,(H,15,17). The van der Waals surface area contributed by atoms with Crippen molar-refractivity contribution in [3.05, 3.63) is 35.4 Å². The van der Waals surface area contributed by atoms with Crippen molar-refractivity contribution in [1.29, 1.82) is 0 Å². The molecule has 0 spiro atoms. The number of esters is 1. The monoisotopic (exact) mass is 250 g/mol. The van der Waals surface area contributed by atoms with Crippen LogP contribution in [0.25, 0.3) is 0 Å². The molecule has 0 aromatic heterocycles. The molecule has 2 N–H and O–H groups in total. The summed E-state index contributed by atoms with van der Waals surface area (Å²) in [5.74, 6) is -0.519. The van der Waals surface area contributed by atoms with Crippen molar-refractivity contribution in [3.63, 3.8) is 0 Å². The van der Waals surface area contributed by atoms with Crippen molar-refractivity contribution in [2.45, 2.75) is 13.0 Å². The molecule has 0 unspecified atom stereocenters. The number of methoxy groups -OCH3 is 1. The first-order valence-electron chi connectivity index (χ1n) is 5.76. The molecule has 0 bridgehead atoms. The van der Waals surface area contributed by atoms with Crippen molar-refractivity contribution in [2.75, 3.05) is 20.7 Å². The van der Waals surface area contributed by atoms with E-state index in [1.54, 1.807) is 12.1 Å². The Balaban J connectivity index is 2.44. The van der Waals surface area contributed by atoms with Crippen molar-refractivity contribution in [2.24, 2.45) is 0 Å². The van der Waals surface area contributed by atoms with Gasteiger partial charge in [0.1, 0.15) is 0 Å². The van der Waals surface area contributed by atoms with Crippen LogP contribution in [0.3, 0.4) is 0 Å². The highest BCUT2D eigenvalue weighted by Crippen LogP contribution is 2.04.